The molecule has 2 aromatic rings. The third kappa shape index (κ3) is 2.69. The van der Waals surface area contributed by atoms with Crippen LogP contribution in [0.5, 0.6) is 0 Å². The Morgan fingerprint density at radius 1 is 1.42 bits per heavy atom. The lowest BCUT2D eigenvalue weighted by molar-refractivity contribution is -0.117. The zero-order valence-corrected chi connectivity index (χ0v) is 9.80. The molecule has 5 heteroatoms. The van der Waals surface area contributed by atoms with E-state index in [-0.39, 0.29) is 17.4 Å². The van der Waals surface area contributed by atoms with Gasteiger partial charge < -0.3 is 10.2 Å². The molecule has 0 aliphatic carbocycles. The summed E-state index contributed by atoms with van der Waals surface area (Å²) < 4.78 is 5.16. The second-order valence-electron chi connectivity index (χ2n) is 3.79. The molecule has 0 aliphatic rings. The van der Waals surface area contributed by atoms with Crippen LogP contribution in [0.1, 0.15) is 22.3 Å². The van der Waals surface area contributed by atoms with E-state index in [2.05, 4.69) is 11.8 Å². The topological polar surface area (TPSA) is 90.4 Å². The van der Waals surface area contributed by atoms with Crippen LogP contribution in [0, 0.1) is 11.8 Å². The minimum atomic E-state index is -0.518. The summed E-state index contributed by atoms with van der Waals surface area (Å²) in [7, 11) is 0. The maximum absolute atomic E-state index is 11.9. The summed E-state index contributed by atoms with van der Waals surface area (Å²) in [5.74, 6) is 4.78. The van der Waals surface area contributed by atoms with Crippen LogP contribution in [0.3, 0.4) is 0 Å². The van der Waals surface area contributed by atoms with Gasteiger partial charge in [-0.25, -0.2) is 0 Å². The molecular formula is C14H9NO4. The molecule has 1 aromatic heterocycles. The Hall–Kier alpha value is -2.87. The van der Waals surface area contributed by atoms with Crippen LogP contribution in [0.4, 0.5) is 0 Å². The normalized spacial score (nSPS) is 9.68. The second-order valence-corrected chi connectivity index (χ2v) is 3.79. The SMILES string of the molecule is NC(=O)CC#Cc1ccc2occ(C=O)c(=O)c2c1. The van der Waals surface area contributed by atoms with Crippen molar-refractivity contribution in [2.24, 2.45) is 5.73 Å². The largest absolute Gasteiger partial charge is 0.463 e. The van der Waals surface area contributed by atoms with Crippen molar-refractivity contribution in [3.05, 3.63) is 45.8 Å². The quantitative estimate of drug-likeness (QED) is 0.635. The summed E-state index contributed by atoms with van der Waals surface area (Å²) in [6.45, 7) is 0. The van der Waals surface area contributed by atoms with Gasteiger partial charge >= 0.3 is 0 Å². The lowest BCUT2D eigenvalue weighted by Crippen LogP contribution is -2.08. The Morgan fingerprint density at radius 2 is 2.21 bits per heavy atom. The molecule has 94 valence electrons. The van der Waals surface area contributed by atoms with Gasteiger partial charge in [-0.05, 0) is 18.2 Å². The molecule has 0 radical (unpaired) electrons. The molecule has 1 aromatic carbocycles. The highest BCUT2D eigenvalue weighted by molar-refractivity contribution is 5.85. The maximum atomic E-state index is 11.9. The van der Waals surface area contributed by atoms with Gasteiger partial charge in [0.05, 0.1) is 17.4 Å². The van der Waals surface area contributed by atoms with Crippen LogP contribution in [0.15, 0.2) is 33.7 Å². The van der Waals surface area contributed by atoms with Crippen LogP contribution < -0.4 is 11.2 Å². The Balaban J connectivity index is 2.52. The zero-order valence-electron chi connectivity index (χ0n) is 9.80. The smallest absolute Gasteiger partial charge is 0.229 e. The van der Waals surface area contributed by atoms with Crippen LogP contribution in [-0.4, -0.2) is 12.2 Å². The summed E-state index contributed by atoms with van der Waals surface area (Å²) in [4.78, 5) is 33.1. The van der Waals surface area contributed by atoms with Gasteiger partial charge in [-0.2, -0.15) is 0 Å². The molecule has 0 saturated carbocycles. The van der Waals surface area contributed by atoms with Crippen molar-refractivity contribution >= 4 is 23.2 Å². The molecule has 0 saturated heterocycles. The number of primary amides is 1. The van der Waals surface area contributed by atoms with E-state index in [0.717, 1.165) is 6.26 Å². The van der Waals surface area contributed by atoms with Crippen LogP contribution in [-0.2, 0) is 4.79 Å². The summed E-state index contributed by atoms with van der Waals surface area (Å²) in [6.07, 6.45) is 1.51. The van der Waals surface area contributed by atoms with Crippen molar-refractivity contribution in [3.8, 4) is 11.8 Å². The van der Waals surface area contributed by atoms with Crippen LogP contribution in [0.25, 0.3) is 11.0 Å². The average Bonchev–Trinajstić information content (AvgIpc) is 2.39. The van der Waals surface area contributed by atoms with Gasteiger partial charge in [0.2, 0.25) is 11.3 Å². The summed E-state index contributed by atoms with van der Waals surface area (Å²) >= 11 is 0. The third-order valence-corrected chi connectivity index (χ3v) is 2.42. The molecule has 19 heavy (non-hydrogen) atoms. The lowest BCUT2D eigenvalue weighted by Gasteiger charge is -1.98. The number of hydrogen-bond donors (Lipinski definition) is 1. The summed E-state index contributed by atoms with van der Waals surface area (Å²) in [6, 6.07) is 4.75. The van der Waals surface area contributed by atoms with Crippen molar-refractivity contribution in [1.29, 1.82) is 0 Å². The second kappa shape index (κ2) is 5.19. The number of carbonyl (C=O) groups excluding carboxylic acids is 2. The van der Waals surface area contributed by atoms with E-state index in [4.69, 9.17) is 10.2 Å². The molecule has 1 amide bonds. The fourth-order valence-electron chi connectivity index (χ4n) is 1.54. The monoisotopic (exact) mass is 255 g/mol. The number of hydrogen-bond acceptors (Lipinski definition) is 4. The van der Waals surface area contributed by atoms with E-state index >= 15 is 0 Å². The Bertz CT molecular complexity index is 777. The molecular weight excluding hydrogens is 246 g/mol. The lowest BCUT2D eigenvalue weighted by atomic mass is 10.1. The molecule has 0 unspecified atom stereocenters. The van der Waals surface area contributed by atoms with E-state index in [0.29, 0.717) is 17.4 Å². The standard InChI is InChI=1S/C14H9NO4/c15-13(17)3-1-2-9-4-5-12-11(6-9)14(18)10(7-16)8-19-12/h4-8H,3H2,(H2,15,17). The van der Waals surface area contributed by atoms with Gasteiger partial charge in [-0.3, -0.25) is 14.4 Å². The van der Waals surface area contributed by atoms with Gasteiger partial charge in [0.1, 0.15) is 11.8 Å². The van der Waals surface area contributed by atoms with E-state index in [1.54, 1.807) is 12.1 Å². The van der Waals surface area contributed by atoms with Crippen molar-refractivity contribution in [2.45, 2.75) is 6.42 Å². The maximum Gasteiger partial charge on any atom is 0.229 e. The van der Waals surface area contributed by atoms with Gasteiger partial charge in [-0.15, -0.1) is 0 Å². The fourth-order valence-corrected chi connectivity index (χ4v) is 1.54. The van der Waals surface area contributed by atoms with E-state index in [1.165, 1.54) is 6.07 Å². The Morgan fingerprint density at radius 3 is 2.89 bits per heavy atom. The van der Waals surface area contributed by atoms with Gasteiger partial charge in [0.25, 0.3) is 0 Å². The number of nitrogens with two attached hydrogens (primary N) is 1. The highest BCUT2D eigenvalue weighted by atomic mass is 16.3. The molecule has 0 bridgehead atoms. The number of fused-ring (bicyclic) bond motifs is 1. The van der Waals surface area contributed by atoms with E-state index in [1.807, 2.05) is 0 Å². The van der Waals surface area contributed by atoms with Gasteiger partial charge in [0.15, 0.2) is 6.29 Å². The molecule has 0 atom stereocenters. The molecule has 0 aliphatic heterocycles. The highest BCUT2D eigenvalue weighted by Crippen LogP contribution is 2.12. The first-order valence-electron chi connectivity index (χ1n) is 5.39. The number of carbonyl (C=O) groups is 2. The molecule has 2 N–H and O–H groups in total. The predicted molar refractivity (Wildman–Crippen MR) is 68.6 cm³/mol. The first-order valence-corrected chi connectivity index (χ1v) is 5.39. The predicted octanol–water partition coefficient (Wildman–Crippen LogP) is 0.832. The zero-order chi connectivity index (χ0) is 13.8. The van der Waals surface area contributed by atoms with Crippen molar-refractivity contribution in [2.75, 3.05) is 0 Å². The van der Waals surface area contributed by atoms with Gasteiger partial charge in [0, 0.05) is 5.56 Å². The van der Waals surface area contributed by atoms with E-state index in [9.17, 15) is 14.4 Å². The third-order valence-electron chi connectivity index (χ3n) is 2.42. The van der Waals surface area contributed by atoms with Crippen molar-refractivity contribution < 1.29 is 14.0 Å². The molecule has 0 fully saturated rings. The van der Waals surface area contributed by atoms with Crippen molar-refractivity contribution in [1.82, 2.24) is 0 Å². The first kappa shape index (κ1) is 12.6. The number of benzene rings is 1. The van der Waals surface area contributed by atoms with Crippen LogP contribution in [0.2, 0.25) is 0 Å². The number of amides is 1. The number of rotatable bonds is 2. The Labute approximate surface area is 108 Å². The Kier molecular flexibility index (Phi) is 3.44. The minimum Gasteiger partial charge on any atom is -0.463 e. The molecule has 5 nitrogen and oxygen atoms in total. The fraction of sp³-hybridized carbons (Fsp3) is 0.0714. The van der Waals surface area contributed by atoms with E-state index < -0.39 is 11.3 Å². The summed E-state index contributed by atoms with van der Waals surface area (Å²) in [5, 5.41) is 0.274. The molecule has 0 spiro atoms. The van der Waals surface area contributed by atoms with Crippen molar-refractivity contribution in [3.63, 3.8) is 0 Å². The molecule has 2 rings (SSSR count). The number of aldehydes is 1. The summed E-state index contributed by atoms with van der Waals surface area (Å²) in [5.41, 5.74) is 5.43. The minimum absolute atomic E-state index is 0.0465. The van der Waals surface area contributed by atoms with Crippen LogP contribution >= 0.6 is 0 Å². The average molecular weight is 255 g/mol. The highest BCUT2D eigenvalue weighted by Gasteiger charge is 2.06. The molecule has 1 heterocycles. The first-order chi connectivity index (χ1) is 9.11. The van der Waals surface area contributed by atoms with Gasteiger partial charge in [-0.1, -0.05) is 11.8 Å².